The number of methoxy groups -OCH3 is 3. The number of aryl methyl sites for hydroxylation is 1. The molecule has 6 heteroatoms. The molecule has 0 amide bonds. The van der Waals surface area contributed by atoms with Gasteiger partial charge in [-0.15, -0.1) is 0 Å². The van der Waals surface area contributed by atoms with E-state index >= 15 is 0 Å². The lowest BCUT2D eigenvalue weighted by atomic mass is 9.87. The third kappa shape index (κ3) is 3.50. The van der Waals surface area contributed by atoms with Crippen molar-refractivity contribution in [3.05, 3.63) is 29.0 Å². The van der Waals surface area contributed by atoms with Crippen LogP contribution in [0.4, 0.5) is 5.82 Å². The molecule has 0 spiro atoms. The number of hydrogen-bond donors (Lipinski definition) is 1. The number of benzene rings is 1. The largest absolute Gasteiger partial charge is 0.496 e. The summed E-state index contributed by atoms with van der Waals surface area (Å²) in [6.45, 7) is 0. The Hall–Kier alpha value is -2.94. The Kier molecular flexibility index (Phi) is 5.70. The van der Waals surface area contributed by atoms with E-state index in [0.29, 0.717) is 22.8 Å². The van der Waals surface area contributed by atoms with Crippen LogP contribution in [0.1, 0.15) is 42.5 Å². The third-order valence-corrected chi connectivity index (χ3v) is 5.08. The van der Waals surface area contributed by atoms with E-state index in [0.717, 1.165) is 48.1 Å². The highest BCUT2D eigenvalue weighted by molar-refractivity contribution is 5.87. The van der Waals surface area contributed by atoms with Gasteiger partial charge in [-0.05, 0) is 31.2 Å². The first kappa shape index (κ1) is 18.8. The van der Waals surface area contributed by atoms with E-state index in [4.69, 9.17) is 19.9 Å². The second kappa shape index (κ2) is 8.17. The van der Waals surface area contributed by atoms with Gasteiger partial charge >= 0.3 is 0 Å². The van der Waals surface area contributed by atoms with Gasteiger partial charge in [0.2, 0.25) is 0 Å². The first-order valence-electron chi connectivity index (χ1n) is 9.16. The van der Waals surface area contributed by atoms with E-state index in [-0.39, 0.29) is 5.82 Å². The third-order valence-electron chi connectivity index (χ3n) is 5.08. The van der Waals surface area contributed by atoms with Crippen LogP contribution in [0.2, 0.25) is 0 Å². The van der Waals surface area contributed by atoms with Crippen molar-refractivity contribution >= 4 is 5.82 Å². The number of nitrogen functional groups attached to an aromatic ring is 1. The maximum atomic E-state index is 9.84. The van der Waals surface area contributed by atoms with Crippen LogP contribution in [0.3, 0.4) is 0 Å². The highest BCUT2D eigenvalue weighted by atomic mass is 16.5. The van der Waals surface area contributed by atoms with Gasteiger partial charge in [0, 0.05) is 23.4 Å². The molecule has 0 fully saturated rings. The lowest BCUT2D eigenvalue weighted by molar-refractivity contribution is 0.377. The molecule has 1 aromatic heterocycles. The zero-order valence-corrected chi connectivity index (χ0v) is 16.1. The number of anilines is 1. The van der Waals surface area contributed by atoms with Crippen LogP contribution in [-0.2, 0) is 12.8 Å². The SMILES string of the molecule is COc1cc(OC)c(-c2c(C#N)c(N)nc3c2CCCCCC3)c(OC)c1. The summed E-state index contributed by atoms with van der Waals surface area (Å²) in [4.78, 5) is 4.57. The lowest BCUT2D eigenvalue weighted by Crippen LogP contribution is -2.11. The van der Waals surface area contributed by atoms with Gasteiger partial charge in [0.15, 0.2) is 0 Å². The summed E-state index contributed by atoms with van der Waals surface area (Å²) in [6.07, 6.45) is 6.19. The van der Waals surface area contributed by atoms with Crippen LogP contribution in [0.15, 0.2) is 12.1 Å². The molecule has 0 saturated carbocycles. The predicted molar refractivity (Wildman–Crippen MR) is 104 cm³/mol. The molecule has 2 N–H and O–H groups in total. The van der Waals surface area contributed by atoms with Gasteiger partial charge in [-0.1, -0.05) is 12.8 Å². The van der Waals surface area contributed by atoms with Crippen LogP contribution in [0.5, 0.6) is 17.2 Å². The van der Waals surface area contributed by atoms with Gasteiger partial charge in [0.25, 0.3) is 0 Å². The van der Waals surface area contributed by atoms with E-state index in [2.05, 4.69) is 11.1 Å². The zero-order valence-electron chi connectivity index (χ0n) is 16.1. The number of nitrogens with two attached hydrogens (primary N) is 1. The molecule has 1 heterocycles. The molecule has 0 saturated heterocycles. The Balaban J connectivity index is 2.38. The number of aromatic nitrogens is 1. The number of rotatable bonds is 4. The van der Waals surface area contributed by atoms with Gasteiger partial charge < -0.3 is 19.9 Å². The van der Waals surface area contributed by atoms with Crippen molar-refractivity contribution < 1.29 is 14.2 Å². The monoisotopic (exact) mass is 367 g/mol. The first-order valence-corrected chi connectivity index (χ1v) is 9.16. The van der Waals surface area contributed by atoms with Crippen molar-refractivity contribution in [1.29, 1.82) is 5.26 Å². The van der Waals surface area contributed by atoms with E-state index in [1.165, 1.54) is 12.8 Å². The number of nitriles is 1. The van der Waals surface area contributed by atoms with E-state index in [1.54, 1.807) is 33.5 Å². The van der Waals surface area contributed by atoms with Crippen LogP contribution in [0, 0.1) is 11.3 Å². The minimum absolute atomic E-state index is 0.256. The number of nitrogens with zero attached hydrogens (tertiary/aromatic N) is 2. The fraction of sp³-hybridized carbons (Fsp3) is 0.429. The Labute approximate surface area is 159 Å². The van der Waals surface area contributed by atoms with Crippen molar-refractivity contribution in [2.24, 2.45) is 0 Å². The first-order chi connectivity index (χ1) is 13.1. The molecule has 0 unspecified atom stereocenters. The number of ether oxygens (including phenoxy) is 3. The zero-order chi connectivity index (χ0) is 19.4. The van der Waals surface area contributed by atoms with E-state index in [9.17, 15) is 5.26 Å². The second-order valence-corrected chi connectivity index (χ2v) is 6.61. The van der Waals surface area contributed by atoms with Crippen LogP contribution >= 0.6 is 0 Å². The molecule has 1 aliphatic rings. The quantitative estimate of drug-likeness (QED) is 0.882. The minimum atomic E-state index is 0.256. The summed E-state index contributed by atoms with van der Waals surface area (Å²) in [7, 11) is 4.78. The number of hydrogen-bond acceptors (Lipinski definition) is 6. The highest BCUT2D eigenvalue weighted by Crippen LogP contribution is 2.46. The minimum Gasteiger partial charge on any atom is -0.496 e. The summed E-state index contributed by atoms with van der Waals surface area (Å²) >= 11 is 0. The van der Waals surface area contributed by atoms with E-state index < -0.39 is 0 Å². The predicted octanol–water partition coefficient (Wildman–Crippen LogP) is 3.89. The van der Waals surface area contributed by atoms with Gasteiger partial charge in [-0.2, -0.15) is 5.26 Å². The van der Waals surface area contributed by atoms with Crippen molar-refractivity contribution in [1.82, 2.24) is 4.98 Å². The van der Waals surface area contributed by atoms with E-state index in [1.807, 2.05) is 0 Å². The Morgan fingerprint density at radius 3 is 2.11 bits per heavy atom. The standard InChI is InChI=1S/C21H25N3O3/c1-25-13-10-17(26-2)20(18(11-13)27-3)19-14-8-6-4-5-7-9-16(14)24-21(23)15(19)12-22/h10-11H,4-9H2,1-3H3,(H2,23,24). The molecule has 0 aliphatic heterocycles. The summed E-state index contributed by atoms with van der Waals surface area (Å²) in [5, 5.41) is 9.84. The molecule has 1 aromatic carbocycles. The molecular formula is C21H25N3O3. The van der Waals surface area contributed by atoms with Crippen molar-refractivity contribution in [3.63, 3.8) is 0 Å². The van der Waals surface area contributed by atoms with Gasteiger partial charge in [-0.25, -0.2) is 4.98 Å². The molecule has 0 radical (unpaired) electrons. The molecule has 2 aromatic rings. The Morgan fingerprint density at radius 1 is 0.926 bits per heavy atom. The highest BCUT2D eigenvalue weighted by Gasteiger charge is 2.26. The molecule has 27 heavy (non-hydrogen) atoms. The summed E-state index contributed by atoms with van der Waals surface area (Å²) in [5.41, 5.74) is 10.1. The Morgan fingerprint density at radius 2 is 1.56 bits per heavy atom. The topological polar surface area (TPSA) is 90.4 Å². The fourth-order valence-corrected chi connectivity index (χ4v) is 3.76. The summed E-state index contributed by atoms with van der Waals surface area (Å²) in [6, 6.07) is 5.84. The summed E-state index contributed by atoms with van der Waals surface area (Å²) < 4.78 is 16.6. The van der Waals surface area contributed by atoms with Crippen molar-refractivity contribution in [3.8, 4) is 34.4 Å². The molecular weight excluding hydrogens is 342 g/mol. The van der Waals surface area contributed by atoms with Crippen molar-refractivity contribution in [2.75, 3.05) is 27.1 Å². The molecule has 0 atom stereocenters. The van der Waals surface area contributed by atoms with Gasteiger partial charge in [-0.3, -0.25) is 0 Å². The maximum Gasteiger partial charge on any atom is 0.142 e. The second-order valence-electron chi connectivity index (χ2n) is 6.61. The molecule has 3 rings (SSSR count). The number of fused-ring (bicyclic) bond motifs is 1. The van der Waals surface area contributed by atoms with Crippen LogP contribution in [-0.4, -0.2) is 26.3 Å². The molecule has 0 bridgehead atoms. The Bertz CT molecular complexity index is 862. The summed E-state index contributed by atoms with van der Waals surface area (Å²) in [5.74, 6) is 2.04. The van der Waals surface area contributed by atoms with Gasteiger partial charge in [0.05, 0.1) is 26.9 Å². The van der Waals surface area contributed by atoms with Gasteiger partial charge in [0.1, 0.15) is 34.7 Å². The normalized spacial score (nSPS) is 13.7. The number of pyridine rings is 1. The molecule has 6 nitrogen and oxygen atoms in total. The average molecular weight is 367 g/mol. The van der Waals surface area contributed by atoms with Crippen LogP contribution in [0.25, 0.3) is 11.1 Å². The fourth-order valence-electron chi connectivity index (χ4n) is 3.76. The molecule has 1 aliphatic carbocycles. The lowest BCUT2D eigenvalue weighted by Gasteiger charge is -2.22. The smallest absolute Gasteiger partial charge is 0.142 e. The maximum absolute atomic E-state index is 9.84. The molecule has 142 valence electrons. The average Bonchev–Trinajstić information content (AvgIpc) is 2.67. The van der Waals surface area contributed by atoms with Crippen molar-refractivity contribution in [2.45, 2.75) is 38.5 Å². The van der Waals surface area contributed by atoms with Crippen LogP contribution < -0.4 is 19.9 Å².